The van der Waals surface area contributed by atoms with E-state index in [-0.39, 0.29) is 23.8 Å². The van der Waals surface area contributed by atoms with Gasteiger partial charge in [-0.1, -0.05) is 6.92 Å². The summed E-state index contributed by atoms with van der Waals surface area (Å²) in [4.78, 5) is 26.5. The quantitative estimate of drug-likeness (QED) is 0.846. The summed E-state index contributed by atoms with van der Waals surface area (Å²) in [6.45, 7) is 4.73. The van der Waals surface area contributed by atoms with Crippen molar-refractivity contribution in [1.82, 2.24) is 10.2 Å². The molecule has 23 heavy (non-hydrogen) atoms. The van der Waals surface area contributed by atoms with Crippen molar-refractivity contribution in [3.63, 3.8) is 0 Å². The van der Waals surface area contributed by atoms with Gasteiger partial charge in [-0.25, -0.2) is 0 Å². The lowest BCUT2D eigenvalue weighted by Gasteiger charge is -2.28. The summed E-state index contributed by atoms with van der Waals surface area (Å²) in [5.41, 5.74) is 1.46. The number of rotatable bonds is 6. The summed E-state index contributed by atoms with van der Waals surface area (Å²) in [5, 5.41) is 6.23. The smallest absolute Gasteiger partial charge is 0.254 e. The normalized spacial score (nSPS) is 20.3. The van der Waals surface area contributed by atoms with E-state index in [1.807, 2.05) is 29.2 Å². The van der Waals surface area contributed by atoms with Crippen molar-refractivity contribution in [3.05, 3.63) is 29.8 Å². The second kappa shape index (κ2) is 7.13. The molecular weight excluding hydrogens is 290 g/mol. The van der Waals surface area contributed by atoms with E-state index >= 15 is 0 Å². The van der Waals surface area contributed by atoms with Gasteiger partial charge in [-0.05, 0) is 56.5 Å². The molecule has 1 heterocycles. The third kappa shape index (κ3) is 3.91. The van der Waals surface area contributed by atoms with Crippen molar-refractivity contribution in [1.29, 1.82) is 0 Å². The molecule has 2 amide bonds. The minimum atomic E-state index is 0.0839. The van der Waals surface area contributed by atoms with Crippen LogP contribution in [0.5, 0.6) is 0 Å². The Morgan fingerprint density at radius 3 is 2.52 bits per heavy atom. The second-order valence-corrected chi connectivity index (χ2v) is 6.49. The van der Waals surface area contributed by atoms with Gasteiger partial charge < -0.3 is 15.5 Å². The molecule has 124 valence electrons. The minimum Gasteiger partial charge on any atom is -0.334 e. The number of nitrogens with one attached hydrogen (secondary N) is 2. The predicted octanol–water partition coefficient (Wildman–Crippen LogP) is 2.25. The summed E-state index contributed by atoms with van der Waals surface area (Å²) < 4.78 is 0. The molecule has 2 N–H and O–H groups in total. The van der Waals surface area contributed by atoms with E-state index < -0.39 is 0 Å². The lowest BCUT2D eigenvalue weighted by Crippen LogP contribution is -2.42. The van der Waals surface area contributed by atoms with Crippen LogP contribution in [0.15, 0.2) is 24.3 Å². The first-order valence-corrected chi connectivity index (χ1v) is 8.61. The molecule has 3 rings (SSSR count). The Hall–Kier alpha value is -1.88. The molecular formula is C18H25N3O2. The summed E-state index contributed by atoms with van der Waals surface area (Å²) in [5.74, 6) is 0.362. The summed E-state index contributed by atoms with van der Waals surface area (Å²) in [7, 11) is 0. The van der Waals surface area contributed by atoms with Gasteiger partial charge in [0, 0.05) is 36.3 Å². The Kier molecular flexibility index (Phi) is 4.96. The van der Waals surface area contributed by atoms with Gasteiger partial charge >= 0.3 is 0 Å². The van der Waals surface area contributed by atoms with Crippen LogP contribution in [-0.4, -0.2) is 42.4 Å². The minimum absolute atomic E-state index is 0.0839. The molecule has 1 aromatic rings. The molecule has 2 fully saturated rings. The van der Waals surface area contributed by atoms with Crippen molar-refractivity contribution in [2.24, 2.45) is 5.92 Å². The standard InChI is InChI=1S/C18H25N3O2/c1-2-11-21(16-9-10-19-12-16)18(23)14-5-7-15(8-6-14)20-17(22)13-3-4-13/h5-8,13,16,19H,2-4,9-12H2,1H3,(H,20,22). The van der Waals surface area contributed by atoms with Crippen molar-refractivity contribution in [2.75, 3.05) is 25.0 Å². The highest BCUT2D eigenvalue weighted by Crippen LogP contribution is 2.30. The number of benzene rings is 1. The monoisotopic (exact) mass is 315 g/mol. The molecule has 1 unspecified atom stereocenters. The van der Waals surface area contributed by atoms with Crippen LogP contribution in [-0.2, 0) is 4.79 Å². The number of amides is 2. The highest BCUT2D eigenvalue weighted by atomic mass is 16.2. The first kappa shape index (κ1) is 16.0. The van der Waals surface area contributed by atoms with Crippen LogP contribution in [0.2, 0.25) is 0 Å². The number of carbonyl (C=O) groups excluding carboxylic acids is 2. The molecule has 1 aliphatic heterocycles. The van der Waals surface area contributed by atoms with E-state index in [1.54, 1.807) is 0 Å². The molecule has 1 saturated carbocycles. The number of anilines is 1. The fourth-order valence-corrected chi connectivity index (χ4v) is 3.05. The van der Waals surface area contributed by atoms with Gasteiger partial charge in [-0.2, -0.15) is 0 Å². The van der Waals surface area contributed by atoms with Crippen LogP contribution in [0.25, 0.3) is 0 Å². The van der Waals surface area contributed by atoms with Gasteiger partial charge in [0.15, 0.2) is 0 Å². The molecule has 1 aromatic carbocycles. The van der Waals surface area contributed by atoms with Gasteiger partial charge in [0.25, 0.3) is 5.91 Å². The van der Waals surface area contributed by atoms with Gasteiger partial charge in [-0.3, -0.25) is 9.59 Å². The van der Waals surface area contributed by atoms with E-state index in [9.17, 15) is 9.59 Å². The average molecular weight is 315 g/mol. The molecule has 2 aliphatic rings. The molecule has 1 aliphatic carbocycles. The summed E-state index contributed by atoms with van der Waals surface area (Å²) >= 11 is 0. The molecule has 5 nitrogen and oxygen atoms in total. The Labute approximate surface area is 137 Å². The highest BCUT2D eigenvalue weighted by Gasteiger charge is 2.30. The summed E-state index contributed by atoms with van der Waals surface area (Å²) in [6.07, 6.45) is 3.95. The zero-order valence-corrected chi connectivity index (χ0v) is 13.7. The largest absolute Gasteiger partial charge is 0.334 e. The number of carbonyl (C=O) groups is 2. The lowest BCUT2D eigenvalue weighted by atomic mass is 10.1. The fourth-order valence-electron chi connectivity index (χ4n) is 3.05. The maximum Gasteiger partial charge on any atom is 0.254 e. The van der Waals surface area contributed by atoms with Crippen molar-refractivity contribution < 1.29 is 9.59 Å². The number of nitrogens with zero attached hydrogens (tertiary/aromatic N) is 1. The van der Waals surface area contributed by atoms with E-state index in [2.05, 4.69) is 17.6 Å². The maximum absolute atomic E-state index is 12.8. The van der Waals surface area contributed by atoms with E-state index in [1.165, 1.54) is 0 Å². The molecule has 0 spiro atoms. The van der Waals surface area contributed by atoms with Gasteiger partial charge in [0.05, 0.1) is 0 Å². The molecule has 0 bridgehead atoms. The molecule has 1 atom stereocenters. The lowest BCUT2D eigenvalue weighted by molar-refractivity contribution is -0.117. The maximum atomic E-state index is 12.8. The van der Waals surface area contributed by atoms with Crippen LogP contribution in [0.4, 0.5) is 5.69 Å². The Balaban J connectivity index is 1.66. The van der Waals surface area contributed by atoms with Gasteiger partial charge in [-0.15, -0.1) is 0 Å². The zero-order valence-electron chi connectivity index (χ0n) is 13.7. The Bertz CT molecular complexity index is 560. The zero-order chi connectivity index (χ0) is 16.2. The van der Waals surface area contributed by atoms with Crippen LogP contribution < -0.4 is 10.6 Å². The van der Waals surface area contributed by atoms with Crippen LogP contribution >= 0.6 is 0 Å². The number of hydrogen-bond acceptors (Lipinski definition) is 3. The van der Waals surface area contributed by atoms with Crippen molar-refractivity contribution >= 4 is 17.5 Å². The first-order valence-electron chi connectivity index (χ1n) is 8.61. The van der Waals surface area contributed by atoms with Crippen molar-refractivity contribution in [3.8, 4) is 0 Å². The van der Waals surface area contributed by atoms with Crippen LogP contribution in [0.3, 0.4) is 0 Å². The van der Waals surface area contributed by atoms with Gasteiger partial charge in [0.1, 0.15) is 0 Å². The molecule has 0 radical (unpaired) electrons. The van der Waals surface area contributed by atoms with Crippen LogP contribution in [0.1, 0.15) is 43.0 Å². The summed E-state index contributed by atoms with van der Waals surface area (Å²) in [6, 6.07) is 7.57. The second-order valence-electron chi connectivity index (χ2n) is 6.49. The Morgan fingerprint density at radius 2 is 1.96 bits per heavy atom. The first-order chi connectivity index (χ1) is 11.2. The molecule has 0 aromatic heterocycles. The molecule has 5 heteroatoms. The Morgan fingerprint density at radius 1 is 1.22 bits per heavy atom. The SMILES string of the molecule is CCCN(C(=O)c1ccc(NC(=O)C2CC2)cc1)C1CCNC1. The topological polar surface area (TPSA) is 61.4 Å². The average Bonchev–Trinajstić information content (AvgIpc) is 3.29. The third-order valence-corrected chi connectivity index (χ3v) is 4.55. The van der Waals surface area contributed by atoms with Crippen molar-refractivity contribution in [2.45, 2.75) is 38.6 Å². The van der Waals surface area contributed by atoms with Crippen LogP contribution in [0, 0.1) is 5.92 Å². The van der Waals surface area contributed by atoms with E-state index in [4.69, 9.17) is 0 Å². The highest BCUT2D eigenvalue weighted by molar-refractivity contribution is 5.97. The fraction of sp³-hybridized carbons (Fsp3) is 0.556. The van der Waals surface area contributed by atoms with Gasteiger partial charge in [0.2, 0.25) is 5.91 Å². The van der Waals surface area contributed by atoms with E-state index in [0.29, 0.717) is 5.56 Å². The molecule has 1 saturated heterocycles. The predicted molar refractivity (Wildman–Crippen MR) is 90.4 cm³/mol. The van der Waals surface area contributed by atoms with E-state index in [0.717, 1.165) is 51.0 Å². The third-order valence-electron chi connectivity index (χ3n) is 4.55. The number of hydrogen-bond donors (Lipinski definition) is 2.